The molecule has 2 N–H and O–H groups in total. The van der Waals surface area contributed by atoms with Crippen molar-refractivity contribution in [2.75, 3.05) is 23.4 Å². The van der Waals surface area contributed by atoms with Crippen LogP contribution in [0.1, 0.15) is 51.8 Å². The summed E-state index contributed by atoms with van der Waals surface area (Å²) in [4.78, 5) is 9.17. The van der Waals surface area contributed by atoms with E-state index < -0.39 is 0 Å². The molecule has 21 heavy (non-hydrogen) atoms. The summed E-state index contributed by atoms with van der Waals surface area (Å²) in [6, 6.07) is 2.61. The quantitative estimate of drug-likeness (QED) is 0.799. The summed E-state index contributed by atoms with van der Waals surface area (Å²) in [6.07, 6.45) is 9.31. The third kappa shape index (κ3) is 5.06. The highest BCUT2D eigenvalue weighted by molar-refractivity contribution is 7.99. The zero-order valence-electron chi connectivity index (χ0n) is 13.5. The van der Waals surface area contributed by atoms with Gasteiger partial charge in [-0.25, -0.2) is 9.97 Å². The van der Waals surface area contributed by atoms with Gasteiger partial charge in [0.15, 0.2) is 0 Å². The Hall–Kier alpha value is -0.970. The highest BCUT2D eigenvalue weighted by Gasteiger charge is 2.20. The first-order chi connectivity index (χ1) is 10.2. The van der Waals surface area contributed by atoms with E-state index in [9.17, 15) is 0 Å². The summed E-state index contributed by atoms with van der Waals surface area (Å²) in [5.41, 5.74) is 0. The van der Waals surface area contributed by atoms with Gasteiger partial charge in [-0.2, -0.15) is 11.8 Å². The number of rotatable bonds is 7. The maximum Gasteiger partial charge on any atom is 0.132 e. The molecule has 1 aromatic rings. The van der Waals surface area contributed by atoms with E-state index >= 15 is 0 Å². The summed E-state index contributed by atoms with van der Waals surface area (Å²) >= 11 is 2.01. The van der Waals surface area contributed by atoms with Crippen LogP contribution in [-0.4, -0.2) is 34.1 Å². The van der Waals surface area contributed by atoms with Crippen molar-refractivity contribution < 1.29 is 0 Å². The van der Waals surface area contributed by atoms with E-state index in [1.165, 1.54) is 25.7 Å². The number of anilines is 2. The van der Waals surface area contributed by atoms with Gasteiger partial charge < -0.3 is 10.6 Å². The predicted octanol–water partition coefficient (Wildman–Crippen LogP) is 3.95. The second kappa shape index (κ2) is 8.47. The van der Waals surface area contributed by atoms with Crippen LogP contribution in [-0.2, 0) is 6.42 Å². The standard InChI is InChI=1S/C16H28N4S/c1-4-10-17-15-11-16(20-14(5-2)19-15)18-12-6-8-13(21-3)9-7-12/h11-13H,4-10H2,1-3H3,(H2,17,18,19,20). The summed E-state index contributed by atoms with van der Waals surface area (Å²) in [5, 5.41) is 7.83. The zero-order chi connectivity index (χ0) is 15.1. The van der Waals surface area contributed by atoms with Crippen LogP contribution >= 0.6 is 11.8 Å². The maximum atomic E-state index is 4.63. The first kappa shape index (κ1) is 16.4. The van der Waals surface area contributed by atoms with Gasteiger partial charge in [0.05, 0.1) is 0 Å². The molecule has 0 saturated heterocycles. The molecule has 118 valence electrons. The number of hydrogen-bond donors (Lipinski definition) is 2. The molecule has 1 fully saturated rings. The highest BCUT2D eigenvalue weighted by atomic mass is 32.2. The van der Waals surface area contributed by atoms with Gasteiger partial charge in [-0.05, 0) is 38.4 Å². The molecule has 0 aromatic carbocycles. The lowest BCUT2D eigenvalue weighted by Gasteiger charge is -2.28. The Bertz CT molecular complexity index is 430. The van der Waals surface area contributed by atoms with Crippen LogP contribution in [0.15, 0.2) is 6.07 Å². The van der Waals surface area contributed by atoms with Crippen LogP contribution in [0.2, 0.25) is 0 Å². The number of thioether (sulfide) groups is 1. The molecular formula is C16H28N4S. The van der Waals surface area contributed by atoms with Crippen LogP contribution < -0.4 is 10.6 Å². The minimum Gasteiger partial charge on any atom is -0.370 e. The van der Waals surface area contributed by atoms with Gasteiger partial charge in [0.2, 0.25) is 0 Å². The van der Waals surface area contributed by atoms with Crippen molar-refractivity contribution in [1.82, 2.24) is 9.97 Å². The number of hydrogen-bond acceptors (Lipinski definition) is 5. The van der Waals surface area contributed by atoms with Gasteiger partial charge in [-0.15, -0.1) is 0 Å². The number of aromatic nitrogens is 2. The van der Waals surface area contributed by atoms with E-state index in [-0.39, 0.29) is 0 Å². The molecule has 0 radical (unpaired) electrons. The van der Waals surface area contributed by atoms with Crippen molar-refractivity contribution in [2.45, 2.75) is 63.7 Å². The third-order valence-corrected chi connectivity index (χ3v) is 5.14. The lowest BCUT2D eigenvalue weighted by atomic mass is 9.95. The number of nitrogens with zero attached hydrogens (tertiary/aromatic N) is 2. The van der Waals surface area contributed by atoms with Crippen LogP contribution in [0.4, 0.5) is 11.6 Å². The second-order valence-corrected chi connectivity index (χ2v) is 6.83. The summed E-state index contributed by atoms with van der Waals surface area (Å²) in [6.45, 7) is 5.23. The Morgan fingerprint density at radius 2 is 1.86 bits per heavy atom. The molecule has 0 aliphatic heterocycles. The maximum absolute atomic E-state index is 4.63. The predicted molar refractivity (Wildman–Crippen MR) is 93.4 cm³/mol. The van der Waals surface area contributed by atoms with Gasteiger partial charge in [0.1, 0.15) is 17.5 Å². The first-order valence-corrected chi connectivity index (χ1v) is 9.45. The minimum absolute atomic E-state index is 0.562. The lowest BCUT2D eigenvalue weighted by molar-refractivity contribution is 0.472. The monoisotopic (exact) mass is 308 g/mol. The van der Waals surface area contributed by atoms with Gasteiger partial charge in [0, 0.05) is 30.3 Å². The van der Waals surface area contributed by atoms with E-state index in [2.05, 4.69) is 46.8 Å². The summed E-state index contributed by atoms with van der Waals surface area (Å²) in [5.74, 6) is 2.84. The van der Waals surface area contributed by atoms with Gasteiger partial charge in [-0.3, -0.25) is 0 Å². The van der Waals surface area contributed by atoms with Gasteiger partial charge in [-0.1, -0.05) is 13.8 Å². The Labute approximate surface area is 132 Å². The molecule has 5 heteroatoms. The van der Waals surface area contributed by atoms with E-state index in [0.29, 0.717) is 6.04 Å². The van der Waals surface area contributed by atoms with Crippen molar-refractivity contribution in [3.63, 3.8) is 0 Å². The molecule has 0 unspecified atom stereocenters. The lowest BCUT2D eigenvalue weighted by Crippen LogP contribution is -2.27. The fourth-order valence-electron chi connectivity index (χ4n) is 2.72. The number of aryl methyl sites for hydroxylation is 1. The average Bonchev–Trinajstić information content (AvgIpc) is 2.53. The van der Waals surface area contributed by atoms with Crippen molar-refractivity contribution in [2.24, 2.45) is 0 Å². The third-order valence-electron chi connectivity index (χ3n) is 4.00. The van der Waals surface area contributed by atoms with Gasteiger partial charge in [0.25, 0.3) is 0 Å². The Morgan fingerprint density at radius 3 is 2.48 bits per heavy atom. The molecule has 0 bridgehead atoms. The zero-order valence-corrected chi connectivity index (χ0v) is 14.3. The van der Waals surface area contributed by atoms with Crippen LogP contribution in [0.5, 0.6) is 0 Å². The topological polar surface area (TPSA) is 49.8 Å². The number of nitrogens with one attached hydrogen (secondary N) is 2. The molecule has 1 aliphatic rings. The molecule has 4 nitrogen and oxygen atoms in total. The molecule has 1 aliphatic carbocycles. The summed E-state index contributed by atoms with van der Waals surface area (Å²) in [7, 11) is 0. The van der Waals surface area contributed by atoms with E-state index in [4.69, 9.17) is 0 Å². The van der Waals surface area contributed by atoms with Crippen LogP contribution in [0.25, 0.3) is 0 Å². The normalized spacial score (nSPS) is 22.0. The van der Waals surface area contributed by atoms with Crippen molar-refractivity contribution in [1.29, 1.82) is 0 Å². The molecule has 1 heterocycles. The van der Waals surface area contributed by atoms with Crippen molar-refractivity contribution in [3.05, 3.63) is 11.9 Å². The second-order valence-electron chi connectivity index (χ2n) is 5.69. The smallest absolute Gasteiger partial charge is 0.132 e. The molecule has 0 amide bonds. The van der Waals surface area contributed by atoms with Crippen LogP contribution in [0.3, 0.4) is 0 Å². The van der Waals surface area contributed by atoms with E-state index in [0.717, 1.165) is 42.1 Å². The fourth-order valence-corrected chi connectivity index (χ4v) is 3.47. The molecular weight excluding hydrogens is 280 g/mol. The molecule has 1 aromatic heterocycles. The van der Waals surface area contributed by atoms with Crippen LogP contribution in [0, 0.1) is 0 Å². The first-order valence-electron chi connectivity index (χ1n) is 8.16. The minimum atomic E-state index is 0.562. The Kier molecular flexibility index (Phi) is 6.61. The summed E-state index contributed by atoms with van der Waals surface area (Å²) < 4.78 is 0. The van der Waals surface area contributed by atoms with Crippen molar-refractivity contribution in [3.8, 4) is 0 Å². The largest absolute Gasteiger partial charge is 0.370 e. The fraction of sp³-hybridized carbons (Fsp3) is 0.750. The van der Waals surface area contributed by atoms with Gasteiger partial charge >= 0.3 is 0 Å². The molecule has 1 saturated carbocycles. The molecule has 2 rings (SSSR count). The van der Waals surface area contributed by atoms with Crippen molar-refractivity contribution >= 4 is 23.4 Å². The SMILES string of the molecule is CCCNc1cc(NC2CCC(SC)CC2)nc(CC)n1. The Balaban J connectivity index is 1.98. The molecule has 0 atom stereocenters. The Morgan fingerprint density at radius 1 is 1.14 bits per heavy atom. The average molecular weight is 308 g/mol. The highest BCUT2D eigenvalue weighted by Crippen LogP contribution is 2.28. The van der Waals surface area contributed by atoms with E-state index in [1.807, 2.05) is 11.8 Å². The molecule has 0 spiro atoms. The van der Waals surface area contributed by atoms with E-state index in [1.54, 1.807) is 0 Å².